The van der Waals surface area contributed by atoms with Crippen LogP contribution in [0.2, 0.25) is 0 Å². The van der Waals surface area contributed by atoms with Crippen molar-refractivity contribution in [2.45, 2.75) is 38.3 Å². The Hall–Kier alpha value is -2.28. The van der Waals surface area contributed by atoms with Gasteiger partial charge in [-0.15, -0.1) is 0 Å². The van der Waals surface area contributed by atoms with Crippen LogP contribution < -0.4 is 10.6 Å². The highest BCUT2D eigenvalue weighted by atomic mass is 32.2. The van der Waals surface area contributed by atoms with Gasteiger partial charge in [-0.25, -0.2) is 4.68 Å². The average molecular weight is 358 g/mol. The molecule has 0 atom stereocenters. The first kappa shape index (κ1) is 17.5. The van der Waals surface area contributed by atoms with E-state index in [2.05, 4.69) is 15.7 Å². The van der Waals surface area contributed by atoms with Gasteiger partial charge in [-0.3, -0.25) is 9.59 Å². The number of hydrogen-bond donors (Lipinski definition) is 2. The zero-order valence-electron chi connectivity index (χ0n) is 14.5. The third-order valence-corrected chi connectivity index (χ3v) is 5.00. The summed E-state index contributed by atoms with van der Waals surface area (Å²) in [5, 5.41) is 10.3. The Morgan fingerprint density at radius 1 is 1.24 bits per heavy atom. The molecule has 132 valence electrons. The normalized spacial score (nSPS) is 12.7. The topological polar surface area (TPSA) is 76.0 Å². The van der Waals surface area contributed by atoms with Crippen molar-refractivity contribution in [2.75, 3.05) is 11.9 Å². The highest BCUT2D eigenvalue weighted by molar-refractivity contribution is 7.98. The molecule has 0 bridgehead atoms. The Bertz CT molecular complexity index is 783. The van der Waals surface area contributed by atoms with Crippen LogP contribution in [0.3, 0.4) is 0 Å². The maximum atomic E-state index is 12.6. The lowest BCUT2D eigenvalue weighted by Crippen LogP contribution is -2.29. The van der Waals surface area contributed by atoms with Gasteiger partial charge >= 0.3 is 0 Å². The summed E-state index contributed by atoms with van der Waals surface area (Å²) >= 11 is 1.76. The molecule has 7 heteroatoms. The van der Waals surface area contributed by atoms with Gasteiger partial charge in [-0.2, -0.15) is 16.9 Å². The molecule has 1 aliphatic heterocycles. The van der Waals surface area contributed by atoms with E-state index < -0.39 is 0 Å². The molecular weight excluding hydrogens is 336 g/mol. The van der Waals surface area contributed by atoms with Crippen molar-refractivity contribution in [2.24, 2.45) is 0 Å². The first-order valence-electron chi connectivity index (χ1n) is 8.39. The van der Waals surface area contributed by atoms with Gasteiger partial charge in [0.25, 0.3) is 5.91 Å². The van der Waals surface area contributed by atoms with Gasteiger partial charge < -0.3 is 10.6 Å². The largest absolute Gasteiger partial charge is 0.355 e. The second-order valence-corrected chi connectivity index (χ2v) is 7.08. The van der Waals surface area contributed by atoms with E-state index in [1.165, 1.54) is 0 Å². The average Bonchev–Trinajstić information content (AvgIpc) is 3.16. The van der Waals surface area contributed by atoms with E-state index in [1.807, 2.05) is 26.0 Å². The lowest BCUT2D eigenvalue weighted by molar-refractivity contribution is -0.121. The van der Waals surface area contributed by atoms with Gasteiger partial charge in [0.05, 0.1) is 5.69 Å². The molecule has 1 aliphatic rings. The zero-order chi connectivity index (χ0) is 17.8. The smallest absolute Gasteiger partial charge is 0.256 e. The molecule has 2 N–H and O–H groups in total. The standard InChI is InChI=1S/C18H22N4O2S/c1-3-8-19-16(23)9-22-17(14-10-25-11-15(14)21-22)20-18(24)13-6-4-12(2)5-7-13/h4-7H,3,8-11H2,1-2H3,(H,19,23)(H,20,24). The predicted molar refractivity (Wildman–Crippen MR) is 99.7 cm³/mol. The third-order valence-electron chi connectivity index (χ3n) is 4.03. The number of carbonyl (C=O) groups is 2. The summed E-state index contributed by atoms with van der Waals surface area (Å²) in [4.78, 5) is 24.6. The quantitative estimate of drug-likeness (QED) is 0.832. The fourth-order valence-corrected chi connectivity index (χ4v) is 3.70. The number of amides is 2. The van der Waals surface area contributed by atoms with Crippen molar-refractivity contribution in [3.05, 3.63) is 46.6 Å². The molecule has 1 aromatic carbocycles. The van der Waals surface area contributed by atoms with Crippen LogP contribution in [-0.2, 0) is 22.8 Å². The summed E-state index contributed by atoms with van der Waals surface area (Å²) in [6.07, 6.45) is 0.884. The van der Waals surface area contributed by atoms with Crippen LogP contribution in [0.25, 0.3) is 0 Å². The van der Waals surface area contributed by atoms with Crippen LogP contribution in [0.1, 0.15) is 40.5 Å². The van der Waals surface area contributed by atoms with Crippen molar-refractivity contribution in [3.8, 4) is 0 Å². The second-order valence-electron chi connectivity index (χ2n) is 6.09. The SMILES string of the molecule is CCCNC(=O)Cn1nc2c(c1NC(=O)c1ccc(C)cc1)CSC2. The maximum Gasteiger partial charge on any atom is 0.256 e. The maximum absolute atomic E-state index is 12.6. The molecule has 0 spiro atoms. The lowest BCUT2D eigenvalue weighted by Gasteiger charge is -2.11. The minimum Gasteiger partial charge on any atom is -0.355 e. The summed E-state index contributed by atoms with van der Waals surface area (Å²) in [5.74, 6) is 1.97. The number of anilines is 1. The van der Waals surface area contributed by atoms with E-state index in [0.29, 0.717) is 17.9 Å². The Labute approximate surface area is 151 Å². The first-order valence-corrected chi connectivity index (χ1v) is 9.55. The Balaban J connectivity index is 1.80. The van der Waals surface area contributed by atoms with Crippen LogP contribution in [0.4, 0.5) is 5.82 Å². The van der Waals surface area contributed by atoms with Gasteiger partial charge in [-0.1, -0.05) is 24.6 Å². The molecule has 2 heterocycles. The fourth-order valence-electron chi connectivity index (χ4n) is 2.66. The molecule has 1 aromatic heterocycles. The predicted octanol–water partition coefficient (Wildman–Crippen LogP) is 2.72. The van der Waals surface area contributed by atoms with Gasteiger partial charge in [0, 0.05) is 29.2 Å². The van der Waals surface area contributed by atoms with Gasteiger partial charge in [-0.05, 0) is 25.5 Å². The molecule has 6 nitrogen and oxygen atoms in total. The van der Waals surface area contributed by atoms with Crippen molar-refractivity contribution in [1.82, 2.24) is 15.1 Å². The molecule has 0 radical (unpaired) electrons. The molecular formula is C18H22N4O2S. The van der Waals surface area contributed by atoms with Crippen molar-refractivity contribution in [1.29, 1.82) is 0 Å². The summed E-state index contributed by atoms with van der Waals surface area (Å²) in [7, 11) is 0. The minimum absolute atomic E-state index is 0.0958. The van der Waals surface area contributed by atoms with E-state index in [0.717, 1.165) is 34.7 Å². The van der Waals surface area contributed by atoms with Crippen molar-refractivity contribution < 1.29 is 9.59 Å². The van der Waals surface area contributed by atoms with Gasteiger partial charge in [0.2, 0.25) is 5.91 Å². The second kappa shape index (κ2) is 7.74. The molecule has 0 fully saturated rings. The molecule has 0 saturated heterocycles. The number of nitrogens with zero attached hydrogens (tertiary/aromatic N) is 2. The number of benzene rings is 1. The molecule has 3 rings (SSSR count). The molecule has 2 aromatic rings. The summed E-state index contributed by atoms with van der Waals surface area (Å²) in [5.41, 5.74) is 3.67. The van der Waals surface area contributed by atoms with Crippen LogP contribution in [0.5, 0.6) is 0 Å². The number of carbonyl (C=O) groups excluding carboxylic acids is 2. The van der Waals surface area contributed by atoms with Crippen LogP contribution >= 0.6 is 11.8 Å². The van der Waals surface area contributed by atoms with Crippen LogP contribution in [0, 0.1) is 6.92 Å². The Morgan fingerprint density at radius 2 is 2.00 bits per heavy atom. The molecule has 0 aliphatic carbocycles. The first-order chi connectivity index (χ1) is 12.1. The summed E-state index contributed by atoms with van der Waals surface area (Å²) in [6, 6.07) is 7.41. The molecule has 25 heavy (non-hydrogen) atoms. The van der Waals surface area contributed by atoms with Crippen molar-refractivity contribution in [3.63, 3.8) is 0 Å². The number of aromatic nitrogens is 2. The zero-order valence-corrected chi connectivity index (χ0v) is 15.3. The van der Waals surface area contributed by atoms with E-state index in [1.54, 1.807) is 28.6 Å². The van der Waals surface area contributed by atoms with Crippen LogP contribution in [-0.4, -0.2) is 28.1 Å². The van der Waals surface area contributed by atoms with E-state index in [-0.39, 0.29) is 18.4 Å². The number of hydrogen-bond acceptors (Lipinski definition) is 4. The summed E-state index contributed by atoms with van der Waals surface area (Å²) < 4.78 is 1.61. The number of rotatable bonds is 6. The number of aryl methyl sites for hydroxylation is 1. The summed E-state index contributed by atoms with van der Waals surface area (Å²) in [6.45, 7) is 4.74. The van der Waals surface area contributed by atoms with Gasteiger partial charge in [0.1, 0.15) is 12.4 Å². The number of nitrogens with one attached hydrogen (secondary N) is 2. The molecule has 2 amide bonds. The number of fused-ring (bicyclic) bond motifs is 1. The van der Waals surface area contributed by atoms with E-state index in [4.69, 9.17) is 0 Å². The van der Waals surface area contributed by atoms with Crippen molar-refractivity contribution >= 4 is 29.4 Å². The van der Waals surface area contributed by atoms with Gasteiger partial charge in [0.15, 0.2) is 0 Å². The fraction of sp³-hybridized carbons (Fsp3) is 0.389. The van der Waals surface area contributed by atoms with E-state index in [9.17, 15) is 9.59 Å². The highest BCUT2D eigenvalue weighted by Gasteiger charge is 2.25. The molecule has 0 unspecified atom stereocenters. The van der Waals surface area contributed by atoms with Crippen LogP contribution in [0.15, 0.2) is 24.3 Å². The number of thioether (sulfide) groups is 1. The molecule has 0 saturated carbocycles. The highest BCUT2D eigenvalue weighted by Crippen LogP contribution is 2.34. The van der Waals surface area contributed by atoms with E-state index >= 15 is 0 Å². The monoisotopic (exact) mass is 358 g/mol. The Morgan fingerprint density at radius 3 is 2.72 bits per heavy atom. The minimum atomic E-state index is -0.185. The lowest BCUT2D eigenvalue weighted by atomic mass is 10.1. The third kappa shape index (κ3) is 4.04. The Kier molecular flexibility index (Phi) is 5.43.